The van der Waals surface area contributed by atoms with E-state index in [1.54, 1.807) is 12.4 Å². The van der Waals surface area contributed by atoms with Crippen LogP contribution in [0.1, 0.15) is 10.4 Å². The number of hydrogen-bond donors (Lipinski definition) is 1. The van der Waals surface area contributed by atoms with Crippen molar-refractivity contribution in [3.63, 3.8) is 0 Å². The lowest BCUT2D eigenvalue weighted by Crippen LogP contribution is -2.09. The Morgan fingerprint density at radius 3 is 2.72 bits per heavy atom. The predicted molar refractivity (Wildman–Crippen MR) is 103 cm³/mol. The second-order valence-corrected chi connectivity index (χ2v) is 7.44. The van der Waals surface area contributed by atoms with E-state index in [2.05, 4.69) is 15.0 Å². The molecule has 3 heterocycles. The highest BCUT2D eigenvalue weighted by atomic mass is 35.5. The van der Waals surface area contributed by atoms with Gasteiger partial charge in [-0.15, -0.1) is 11.3 Å². The molecule has 1 aromatic carbocycles. The number of pyridine rings is 1. The SMILES string of the molecule is Cc1cc(-c2c(C)sc3nc(-c4cccnc4)[nH]c(=O)c23)ccc1Cl. The van der Waals surface area contributed by atoms with Gasteiger partial charge in [-0.1, -0.05) is 17.7 Å². The van der Waals surface area contributed by atoms with E-state index in [0.717, 1.165) is 32.0 Å². The predicted octanol–water partition coefficient (Wildman–Crippen LogP) is 4.98. The van der Waals surface area contributed by atoms with E-state index in [4.69, 9.17) is 11.6 Å². The van der Waals surface area contributed by atoms with E-state index in [1.165, 1.54) is 11.3 Å². The van der Waals surface area contributed by atoms with Gasteiger partial charge in [-0.25, -0.2) is 4.98 Å². The van der Waals surface area contributed by atoms with Crippen molar-refractivity contribution in [2.24, 2.45) is 0 Å². The van der Waals surface area contributed by atoms with Crippen LogP contribution in [0.2, 0.25) is 5.02 Å². The second kappa shape index (κ2) is 6.10. The van der Waals surface area contributed by atoms with E-state index in [1.807, 2.05) is 44.2 Å². The van der Waals surface area contributed by atoms with Crippen LogP contribution in [0, 0.1) is 13.8 Å². The maximum absolute atomic E-state index is 12.8. The number of hydrogen-bond acceptors (Lipinski definition) is 4. The maximum atomic E-state index is 12.8. The van der Waals surface area contributed by atoms with Gasteiger partial charge in [0.15, 0.2) is 0 Å². The molecule has 0 unspecified atom stereocenters. The standard InChI is InChI=1S/C19H14ClN3OS/c1-10-8-12(5-6-14(10)20)15-11(2)25-19-16(15)18(24)22-17(23-19)13-4-3-7-21-9-13/h3-9H,1-2H3,(H,22,23,24). The van der Waals surface area contributed by atoms with Crippen molar-refractivity contribution in [1.82, 2.24) is 15.0 Å². The Balaban J connectivity index is 1.97. The summed E-state index contributed by atoms with van der Waals surface area (Å²) in [6, 6.07) is 9.51. The lowest BCUT2D eigenvalue weighted by atomic mass is 10.0. The smallest absolute Gasteiger partial charge is 0.260 e. The number of thiophene rings is 1. The van der Waals surface area contributed by atoms with E-state index < -0.39 is 0 Å². The highest BCUT2D eigenvalue weighted by Gasteiger charge is 2.17. The number of benzene rings is 1. The number of aryl methyl sites for hydroxylation is 2. The number of rotatable bonds is 2. The summed E-state index contributed by atoms with van der Waals surface area (Å²) in [6.45, 7) is 3.97. The summed E-state index contributed by atoms with van der Waals surface area (Å²) in [6.07, 6.45) is 3.38. The van der Waals surface area contributed by atoms with Crippen LogP contribution < -0.4 is 5.56 Å². The van der Waals surface area contributed by atoms with Crippen molar-refractivity contribution in [3.8, 4) is 22.5 Å². The Hall–Kier alpha value is -2.50. The van der Waals surface area contributed by atoms with Crippen molar-refractivity contribution in [1.29, 1.82) is 0 Å². The van der Waals surface area contributed by atoms with E-state index in [9.17, 15) is 4.79 Å². The van der Waals surface area contributed by atoms with Crippen molar-refractivity contribution < 1.29 is 0 Å². The summed E-state index contributed by atoms with van der Waals surface area (Å²) in [7, 11) is 0. The first-order chi connectivity index (χ1) is 12.0. The molecule has 0 atom stereocenters. The molecule has 1 N–H and O–H groups in total. The van der Waals surface area contributed by atoms with Crippen molar-refractivity contribution >= 4 is 33.2 Å². The molecular formula is C19H14ClN3OS. The van der Waals surface area contributed by atoms with Gasteiger partial charge in [0.1, 0.15) is 10.7 Å². The minimum Gasteiger partial charge on any atom is -0.306 e. The van der Waals surface area contributed by atoms with E-state index in [-0.39, 0.29) is 5.56 Å². The first-order valence-electron chi connectivity index (χ1n) is 7.75. The molecule has 4 aromatic rings. The van der Waals surface area contributed by atoms with E-state index >= 15 is 0 Å². The van der Waals surface area contributed by atoms with Crippen molar-refractivity contribution in [2.45, 2.75) is 13.8 Å². The number of aromatic nitrogens is 3. The molecule has 6 heteroatoms. The molecule has 124 valence electrons. The maximum Gasteiger partial charge on any atom is 0.260 e. The van der Waals surface area contributed by atoms with Crippen molar-refractivity contribution in [2.75, 3.05) is 0 Å². The van der Waals surface area contributed by atoms with Gasteiger partial charge in [0.25, 0.3) is 5.56 Å². The zero-order valence-corrected chi connectivity index (χ0v) is 15.2. The normalized spacial score (nSPS) is 11.2. The third-order valence-corrected chi connectivity index (χ3v) is 5.54. The Labute approximate surface area is 153 Å². The first kappa shape index (κ1) is 16.0. The second-order valence-electron chi connectivity index (χ2n) is 5.83. The number of aromatic amines is 1. The van der Waals surface area contributed by atoms with Gasteiger partial charge in [0.2, 0.25) is 0 Å². The molecule has 4 nitrogen and oxygen atoms in total. The summed E-state index contributed by atoms with van der Waals surface area (Å²) in [5.41, 5.74) is 3.53. The van der Waals surface area contributed by atoms with Crippen LogP contribution >= 0.6 is 22.9 Å². The summed E-state index contributed by atoms with van der Waals surface area (Å²) in [5.74, 6) is 0.533. The molecular weight excluding hydrogens is 354 g/mol. The number of nitrogens with one attached hydrogen (secondary N) is 1. The molecule has 0 radical (unpaired) electrons. The molecule has 4 rings (SSSR count). The first-order valence-corrected chi connectivity index (χ1v) is 8.94. The summed E-state index contributed by atoms with van der Waals surface area (Å²) < 4.78 is 0. The fourth-order valence-corrected chi connectivity index (χ4v) is 4.07. The minimum atomic E-state index is -0.143. The quantitative estimate of drug-likeness (QED) is 0.543. The average molecular weight is 368 g/mol. The molecule has 0 spiro atoms. The van der Waals surface area contributed by atoms with Crippen LogP contribution in [-0.2, 0) is 0 Å². The highest BCUT2D eigenvalue weighted by molar-refractivity contribution is 7.19. The highest BCUT2D eigenvalue weighted by Crippen LogP contribution is 2.37. The molecule has 0 bridgehead atoms. The molecule has 0 fully saturated rings. The molecule has 0 saturated carbocycles. The molecule has 25 heavy (non-hydrogen) atoms. The number of nitrogens with zero attached hydrogens (tertiary/aromatic N) is 2. The number of H-pyrrole nitrogens is 1. The third kappa shape index (κ3) is 2.75. The monoisotopic (exact) mass is 367 g/mol. The zero-order valence-electron chi connectivity index (χ0n) is 13.6. The Morgan fingerprint density at radius 1 is 1.16 bits per heavy atom. The largest absolute Gasteiger partial charge is 0.306 e. The molecule has 0 saturated heterocycles. The van der Waals surface area contributed by atoms with Gasteiger partial charge in [0.05, 0.1) is 5.39 Å². The molecule has 0 aliphatic carbocycles. The third-order valence-electron chi connectivity index (χ3n) is 4.12. The van der Waals surface area contributed by atoms with Gasteiger partial charge in [-0.2, -0.15) is 0 Å². The molecule has 0 aliphatic heterocycles. The summed E-state index contributed by atoms with van der Waals surface area (Å²) in [4.78, 5) is 26.2. The van der Waals surface area contributed by atoms with Crippen LogP contribution in [0.15, 0.2) is 47.5 Å². The van der Waals surface area contributed by atoms with Crippen LogP contribution in [0.5, 0.6) is 0 Å². The molecule has 0 amide bonds. The Morgan fingerprint density at radius 2 is 2.00 bits per heavy atom. The lowest BCUT2D eigenvalue weighted by Gasteiger charge is -2.05. The Kier molecular flexibility index (Phi) is 3.90. The summed E-state index contributed by atoms with van der Waals surface area (Å²) in [5, 5.41) is 1.34. The fourth-order valence-electron chi connectivity index (χ4n) is 2.91. The topological polar surface area (TPSA) is 58.6 Å². The van der Waals surface area contributed by atoms with Crippen LogP contribution in [0.4, 0.5) is 0 Å². The average Bonchev–Trinajstić information content (AvgIpc) is 2.94. The summed E-state index contributed by atoms with van der Waals surface area (Å²) >= 11 is 7.66. The molecule has 3 aromatic heterocycles. The minimum absolute atomic E-state index is 0.143. The van der Waals surface area contributed by atoms with Gasteiger partial charge in [0, 0.05) is 33.4 Å². The van der Waals surface area contributed by atoms with Crippen LogP contribution in [0.25, 0.3) is 32.7 Å². The van der Waals surface area contributed by atoms with Crippen LogP contribution in [-0.4, -0.2) is 15.0 Å². The van der Waals surface area contributed by atoms with Crippen molar-refractivity contribution in [3.05, 3.63) is 68.5 Å². The molecule has 0 aliphatic rings. The van der Waals surface area contributed by atoms with E-state index in [0.29, 0.717) is 16.2 Å². The lowest BCUT2D eigenvalue weighted by molar-refractivity contribution is 1.17. The van der Waals surface area contributed by atoms with Gasteiger partial charge in [-0.3, -0.25) is 9.78 Å². The van der Waals surface area contributed by atoms with Crippen LogP contribution in [0.3, 0.4) is 0 Å². The zero-order chi connectivity index (χ0) is 17.6. The number of fused-ring (bicyclic) bond motifs is 1. The van der Waals surface area contributed by atoms with Gasteiger partial charge < -0.3 is 4.98 Å². The van der Waals surface area contributed by atoms with Gasteiger partial charge in [-0.05, 0) is 49.2 Å². The Bertz CT molecular complexity index is 1150. The number of halogens is 1. The fraction of sp³-hybridized carbons (Fsp3) is 0.105. The van der Waals surface area contributed by atoms with Gasteiger partial charge >= 0.3 is 0 Å².